The molecule has 1 N–H and O–H groups in total. The standard InChI is InChI=1S/C15H24N2O2/c1-3-8-13(19-4-2)14-16-12-10-7-5-6-9-11(12)15(18)17-14/h13H,3-10H2,1-2H3,(H,16,17,18). The molecule has 106 valence electrons. The zero-order valence-electron chi connectivity index (χ0n) is 12.0. The molecule has 1 unspecified atom stereocenters. The van der Waals surface area contributed by atoms with E-state index in [0.29, 0.717) is 12.4 Å². The van der Waals surface area contributed by atoms with Crippen LogP contribution in [0.3, 0.4) is 0 Å². The van der Waals surface area contributed by atoms with Gasteiger partial charge in [-0.15, -0.1) is 0 Å². The van der Waals surface area contributed by atoms with Gasteiger partial charge in [-0.25, -0.2) is 4.98 Å². The Labute approximate surface area is 114 Å². The van der Waals surface area contributed by atoms with Gasteiger partial charge >= 0.3 is 0 Å². The first-order valence-corrected chi connectivity index (χ1v) is 7.49. The van der Waals surface area contributed by atoms with Gasteiger partial charge in [0.05, 0.1) is 5.69 Å². The molecule has 1 aliphatic carbocycles. The van der Waals surface area contributed by atoms with E-state index in [9.17, 15) is 4.79 Å². The van der Waals surface area contributed by atoms with E-state index in [1.54, 1.807) is 0 Å². The summed E-state index contributed by atoms with van der Waals surface area (Å²) in [6.07, 6.45) is 7.06. The molecular formula is C15H24N2O2. The zero-order valence-corrected chi connectivity index (χ0v) is 12.0. The van der Waals surface area contributed by atoms with Crippen LogP contribution in [0.4, 0.5) is 0 Å². The maximum absolute atomic E-state index is 12.2. The van der Waals surface area contributed by atoms with Gasteiger partial charge in [0.15, 0.2) is 0 Å². The molecule has 0 aromatic carbocycles. The van der Waals surface area contributed by atoms with E-state index in [-0.39, 0.29) is 11.7 Å². The van der Waals surface area contributed by atoms with E-state index in [1.807, 2.05) is 6.92 Å². The molecule has 0 fully saturated rings. The molecule has 1 heterocycles. The van der Waals surface area contributed by atoms with Crippen LogP contribution >= 0.6 is 0 Å². The quantitative estimate of drug-likeness (QED) is 0.832. The number of ether oxygens (including phenoxy) is 1. The number of aromatic nitrogens is 2. The summed E-state index contributed by atoms with van der Waals surface area (Å²) in [6, 6.07) is 0. The van der Waals surface area contributed by atoms with E-state index < -0.39 is 0 Å². The molecule has 0 spiro atoms. The number of H-pyrrole nitrogens is 1. The average molecular weight is 264 g/mol. The van der Waals surface area contributed by atoms with Crippen molar-refractivity contribution in [2.75, 3.05) is 6.61 Å². The SMILES string of the molecule is CCCC(OCC)c1nc2c(c(=O)[nH]1)CCCCC2. The van der Waals surface area contributed by atoms with Crippen LogP contribution in [0.15, 0.2) is 4.79 Å². The van der Waals surface area contributed by atoms with Crippen LogP contribution in [0.5, 0.6) is 0 Å². The Bertz CT molecular complexity index is 462. The fourth-order valence-corrected chi connectivity index (χ4v) is 2.71. The second-order valence-electron chi connectivity index (χ2n) is 5.17. The summed E-state index contributed by atoms with van der Waals surface area (Å²) in [5.74, 6) is 0.717. The second-order valence-corrected chi connectivity index (χ2v) is 5.17. The van der Waals surface area contributed by atoms with Gasteiger partial charge in [-0.1, -0.05) is 19.8 Å². The molecule has 1 aromatic rings. The fraction of sp³-hybridized carbons (Fsp3) is 0.733. The van der Waals surface area contributed by atoms with Crippen LogP contribution in [-0.2, 0) is 17.6 Å². The smallest absolute Gasteiger partial charge is 0.254 e. The van der Waals surface area contributed by atoms with Crippen molar-refractivity contribution in [3.05, 3.63) is 27.4 Å². The van der Waals surface area contributed by atoms with E-state index >= 15 is 0 Å². The molecule has 4 nitrogen and oxygen atoms in total. The van der Waals surface area contributed by atoms with Crippen LogP contribution in [0.1, 0.15) is 69.1 Å². The van der Waals surface area contributed by atoms with Crippen LogP contribution in [0.25, 0.3) is 0 Å². The van der Waals surface area contributed by atoms with Crippen LogP contribution in [0, 0.1) is 0 Å². The number of rotatable bonds is 5. The summed E-state index contributed by atoms with van der Waals surface area (Å²) in [5, 5.41) is 0. The molecule has 0 radical (unpaired) electrons. The zero-order chi connectivity index (χ0) is 13.7. The van der Waals surface area contributed by atoms with E-state index in [4.69, 9.17) is 9.72 Å². The summed E-state index contributed by atoms with van der Waals surface area (Å²) < 4.78 is 5.71. The highest BCUT2D eigenvalue weighted by Crippen LogP contribution is 2.21. The first-order valence-electron chi connectivity index (χ1n) is 7.49. The number of nitrogens with zero attached hydrogens (tertiary/aromatic N) is 1. The third kappa shape index (κ3) is 3.44. The third-order valence-corrected chi connectivity index (χ3v) is 3.68. The van der Waals surface area contributed by atoms with Gasteiger partial charge in [0, 0.05) is 12.2 Å². The van der Waals surface area contributed by atoms with Gasteiger partial charge in [0.25, 0.3) is 5.56 Å². The summed E-state index contributed by atoms with van der Waals surface area (Å²) >= 11 is 0. The van der Waals surface area contributed by atoms with Crippen molar-refractivity contribution in [3.63, 3.8) is 0 Å². The van der Waals surface area contributed by atoms with Gasteiger partial charge in [-0.3, -0.25) is 4.79 Å². The predicted octanol–water partition coefficient (Wildman–Crippen LogP) is 2.92. The Morgan fingerprint density at radius 1 is 1.26 bits per heavy atom. The van der Waals surface area contributed by atoms with Crippen molar-refractivity contribution in [1.29, 1.82) is 0 Å². The largest absolute Gasteiger partial charge is 0.371 e. The summed E-state index contributed by atoms with van der Waals surface area (Å²) in [4.78, 5) is 19.8. The monoisotopic (exact) mass is 264 g/mol. The van der Waals surface area contributed by atoms with Gasteiger partial charge in [0.2, 0.25) is 0 Å². The van der Waals surface area contributed by atoms with Crippen molar-refractivity contribution in [1.82, 2.24) is 9.97 Å². The molecule has 0 aliphatic heterocycles. The lowest BCUT2D eigenvalue weighted by molar-refractivity contribution is 0.0490. The Morgan fingerprint density at radius 2 is 2.05 bits per heavy atom. The van der Waals surface area contributed by atoms with Gasteiger partial charge in [0.1, 0.15) is 11.9 Å². The highest BCUT2D eigenvalue weighted by molar-refractivity contribution is 5.20. The maximum Gasteiger partial charge on any atom is 0.254 e. The number of nitrogens with one attached hydrogen (secondary N) is 1. The van der Waals surface area contributed by atoms with Crippen molar-refractivity contribution < 1.29 is 4.74 Å². The van der Waals surface area contributed by atoms with E-state index in [2.05, 4.69) is 11.9 Å². The Balaban J connectivity index is 2.33. The van der Waals surface area contributed by atoms with E-state index in [0.717, 1.165) is 49.8 Å². The van der Waals surface area contributed by atoms with Crippen LogP contribution in [-0.4, -0.2) is 16.6 Å². The normalized spacial score (nSPS) is 16.7. The van der Waals surface area contributed by atoms with Crippen molar-refractivity contribution in [2.45, 2.75) is 64.9 Å². The highest BCUT2D eigenvalue weighted by atomic mass is 16.5. The molecule has 1 aliphatic rings. The van der Waals surface area contributed by atoms with Crippen molar-refractivity contribution in [2.24, 2.45) is 0 Å². The summed E-state index contributed by atoms with van der Waals surface area (Å²) in [5.41, 5.74) is 1.94. The first-order chi connectivity index (χ1) is 9.26. The minimum Gasteiger partial charge on any atom is -0.371 e. The minimum atomic E-state index is -0.0729. The van der Waals surface area contributed by atoms with E-state index in [1.165, 1.54) is 6.42 Å². The lowest BCUT2D eigenvalue weighted by Crippen LogP contribution is -2.22. The van der Waals surface area contributed by atoms with Gasteiger partial charge in [-0.05, 0) is 39.0 Å². The molecule has 0 saturated heterocycles. The second kappa shape index (κ2) is 6.85. The minimum absolute atomic E-state index is 0.0442. The molecule has 1 atom stereocenters. The molecule has 19 heavy (non-hydrogen) atoms. The number of fused-ring (bicyclic) bond motifs is 1. The maximum atomic E-state index is 12.2. The lowest BCUT2D eigenvalue weighted by Gasteiger charge is -2.17. The average Bonchev–Trinajstić information content (AvgIpc) is 2.64. The van der Waals surface area contributed by atoms with Crippen molar-refractivity contribution >= 4 is 0 Å². The summed E-state index contributed by atoms with van der Waals surface area (Å²) in [6.45, 7) is 4.74. The highest BCUT2D eigenvalue weighted by Gasteiger charge is 2.19. The van der Waals surface area contributed by atoms with Crippen LogP contribution in [0.2, 0.25) is 0 Å². The Hall–Kier alpha value is -1.16. The Kier molecular flexibility index (Phi) is 5.14. The molecule has 0 amide bonds. The molecule has 2 rings (SSSR count). The molecule has 0 bridgehead atoms. The lowest BCUT2D eigenvalue weighted by atomic mass is 10.1. The molecule has 4 heteroatoms. The first kappa shape index (κ1) is 14.3. The van der Waals surface area contributed by atoms with Gasteiger partial charge in [-0.2, -0.15) is 0 Å². The number of hydrogen-bond acceptors (Lipinski definition) is 3. The Morgan fingerprint density at radius 3 is 2.79 bits per heavy atom. The van der Waals surface area contributed by atoms with Crippen LogP contribution < -0.4 is 5.56 Å². The number of aromatic amines is 1. The predicted molar refractivity (Wildman–Crippen MR) is 75.4 cm³/mol. The molecular weight excluding hydrogens is 240 g/mol. The topological polar surface area (TPSA) is 55.0 Å². The summed E-state index contributed by atoms with van der Waals surface area (Å²) in [7, 11) is 0. The van der Waals surface area contributed by atoms with Gasteiger partial charge < -0.3 is 9.72 Å². The fourth-order valence-electron chi connectivity index (χ4n) is 2.71. The number of hydrogen-bond donors (Lipinski definition) is 1. The molecule has 0 saturated carbocycles. The van der Waals surface area contributed by atoms with Crippen molar-refractivity contribution in [3.8, 4) is 0 Å². The number of aryl methyl sites for hydroxylation is 1. The molecule has 1 aromatic heterocycles. The third-order valence-electron chi connectivity index (χ3n) is 3.68.